The van der Waals surface area contributed by atoms with Crippen molar-refractivity contribution in [2.45, 2.75) is 335 Å². The average Bonchev–Trinajstić information content (AvgIpc) is 3.47. The van der Waals surface area contributed by atoms with Crippen molar-refractivity contribution in [1.82, 2.24) is 0 Å². The fourth-order valence-electron chi connectivity index (χ4n) is 9.63. The van der Waals surface area contributed by atoms with Crippen LogP contribution in [0.5, 0.6) is 0 Å². The molecule has 0 rings (SSSR count). The standard InChI is InChI=1S/C75H128O6/c1-4-7-10-13-16-19-22-24-26-28-30-32-34-36-37-39-40-42-44-46-48-50-53-56-59-62-65-68-74(77)80-71-72(70-79-73(76)67-64-61-58-55-52-21-18-15-12-9-6-3)81-75(78)69-66-63-60-57-54-51-49-47-45-43-41-38-35-33-31-29-27-25-23-20-17-14-11-8-5-2/h8,11,17,20,22,24-25,27-28,30-31,33-34,36,38,41,45,47,72H,4-7,9-10,12-16,18-19,21,23,26,29,32,35,37,39-40,42-44,46,48-71H2,1-3H3/b11-8-,20-17-,24-22-,27-25-,30-28-,33-31-,36-34-,41-38-,47-45-. The van der Waals surface area contributed by atoms with E-state index in [2.05, 4.69) is 130 Å². The molecule has 0 amide bonds. The molecule has 0 aromatic rings. The van der Waals surface area contributed by atoms with Crippen LogP contribution in [0.3, 0.4) is 0 Å². The number of ether oxygens (including phenoxy) is 3. The van der Waals surface area contributed by atoms with Gasteiger partial charge in [0.15, 0.2) is 6.10 Å². The molecule has 0 aromatic carbocycles. The van der Waals surface area contributed by atoms with Crippen LogP contribution >= 0.6 is 0 Å². The fraction of sp³-hybridized carbons (Fsp3) is 0.720. The van der Waals surface area contributed by atoms with Crippen LogP contribution in [0, 0.1) is 0 Å². The highest BCUT2D eigenvalue weighted by Crippen LogP contribution is 2.16. The van der Waals surface area contributed by atoms with Gasteiger partial charge in [-0.25, -0.2) is 0 Å². The van der Waals surface area contributed by atoms with Gasteiger partial charge >= 0.3 is 17.9 Å². The maximum Gasteiger partial charge on any atom is 0.306 e. The maximum absolute atomic E-state index is 12.9. The second kappa shape index (κ2) is 68.6. The van der Waals surface area contributed by atoms with Crippen molar-refractivity contribution in [2.75, 3.05) is 13.2 Å². The molecule has 0 aliphatic rings. The second-order valence-corrected chi connectivity index (χ2v) is 22.7. The van der Waals surface area contributed by atoms with Gasteiger partial charge in [0.1, 0.15) is 13.2 Å². The van der Waals surface area contributed by atoms with E-state index in [-0.39, 0.29) is 31.1 Å². The predicted molar refractivity (Wildman–Crippen MR) is 353 cm³/mol. The molecule has 0 heterocycles. The number of carbonyl (C=O) groups excluding carboxylic acids is 3. The van der Waals surface area contributed by atoms with Crippen molar-refractivity contribution in [3.63, 3.8) is 0 Å². The zero-order valence-corrected chi connectivity index (χ0v) is 53.3. The summed E-state index contributed by atoms with van der Waals surface area (Å²) < 4.78 is 16.9. The third kappa shape index (κ3) is 66.8. The summed E-state index contributed by atoms with van der Waals surface area (Å²) in [6, 6.07) is 0. The van der Waals surface area contributed by atoms with Gasteiger partial charge in [0.25, 0.3) is 0 Å². The van der Waals surface area contributed by atoms with E-state index in [0.29, 0.717) is 19.3 Å². The zero-order chi connectivity index (χ0) is 58.5. The van der Waals surface area contributed by atoms with Crippen molar-refractivity contribution in [3.8, 4) is 0 Å². The van der Waals surface area contributed by atoms with E-state index in [9.17, 15) is 14.4 Å². The third-order valence-electron chi connectivity index (χ3n) is 14.8. The van der Waals surface area contributed by atoms with E-state index in [1.165, 1.54) is 167 Å². The van der Waals surface area contributed by atoms with Crippen molar-refractivity contribution < 1.29 is 28.6 Å². The molecule has 0 aliphatic carbocycles. The quantitative estimate of drug-likeness (QED) is 0.0261. The molecule has 1 unspecified atom stereocenters. The van der Waals surface area contributed by atoms with Crippen LogP contribution in [-0.4, -0.2) is 37.2 Å². The first-order valence-electron chi connectivity index (χ1n) is 34.4. The minimum absolute atomic E-state index is 0.0828. The van der Waals surface area contributed by atoms with Crippen LogP contribution in [0.15, 0.2) is 109 Å². The molecule has 0 N–H and O–H groups in total. The molecule has 0 spiro atoms. The molecule has 0 saturated carbocycles. The first-order valence-corrected chi connectivity index (χ1v) is 34.4. The summed E-state index contributed by atoms with van der Waals surface area (Å²) in [5.41, 5.74) is 0. The summed E-state index contributed by atoms with van der Waals surface area (Å²) in [4.78, 5) is 38.4. The van der Waals surface area contributed by atoms with E-state index in [1.807, 2.05) is 0 Å². The van der Waals surface area contributed by atoms with Gasteiger partial charge in [0.05, 0.1) is 0 Å². The number of hydrogen-bond donors (Lipinski definition) is 0. The maximum atomic E-state index is 12.9. The SMILES string of the molecule is CC/C=C\C/C=C\C/C=C\C/C=C\C/C=C\C/C=C\CCCCCCCCC(=O)OC(COC(=O)CCCCCCCCCCCCC)COC(=O)CCCCCCCCCCCCCC/C=C\C/C=C\C/C=C\CCCCCCC. The highest BCUT2D eigenvalue weighted by Gasteiger charge is 2.19. The Morgan fingerprint density at radius 1 is 0.259 bits per heavy atom. The van der Waals surface area contributed by atoms with E-state index < -0.39 is 6.10 Å². The number of hydrogen-bond acceptors (Lipinski definition) is 6. The Hall–Kier alpha value is -3.93. The van der Waals surface area contributed by atoms with Crippen molar-refractivity contribution >= 4 is 17.9 Å². The largest absolute Gasteiger partial charge is 0.462 e. The van der Waals surface area contributed by atoms with E-state index in [4.69, 9.17) is 14.2 Å². The summed E-state index contributed by atoms with van der Waals surface area (Å²) in [5.74, 6) is -0.889. The van der Waals surface area contributed by atoms with Crippen LogP contribution in [0.4, 0.5) is 0 Å². The molecule has 0 bridgehead atoms. The predicted octanol–water partition coefficient (Wildman–Crippen LogP) is 23.8. The van der Waals surface area contributed by atoms with Crippen molar-refractivity contribution in [1.29, 1.82) is 0 Å². The molecule has 6 nitrogen and oxygen atoms in total. The molecule has 81 heavy (non-hydrogen) atoms. The number of unbranched alkanes of at least 4 members (excludes halogenated alkanes) is 33. The van der Waals surface area contributed by atoms with Crippen LogP contribution in [0.2, 0.25) is 0 Å². The van der Waals surface area contributed by atoms with Gasteiger partial charge in [-0.05, 0) is 109 Å². The Bertz CT molecular complexity index is 1620. The molecule has 6 heteroatoms. The average molecular weight is 1130 g/mol. The molecule has 0 saturated heterocycles. The second-order valence-electron chi connectivity index (χ2n) is 22.7. The number of esters is 3. The lowest BCUT2D eigenvalue weighted by molar-refractivity contribution is -0.167. The molecule has 0 aliphatic heterocycles. The minimum atomic E-state index is -0.788. The van der Waals surface area contributed by atoms with Crippen LogP contribution in [0.25, 0.3) is 0 Å². The highest BCUT2D eigenvalue weighted by molar-refractivity contribution is 5.71. The van der Waals surface area contributed by atoms with Crippen LogP contribution in [0.1, 0.15) is 329 Å². The number of carbonyl (C=O) groups is 3. The Morgan fingerprint density at radius 2 is 0.481 bits per heavy atom. The molecule has 0 radical (unpaired) electrons. The van der Waals surface area contributed by atoms with E-state index in [1.54, 1.807) is 0 Å². The van der Waals surface area contributed by atoms with Gasteiger partial charge in [0, 0.05) is 19.3 Å². The smallest absolute Gasteiger partial charge is 0.306 e. The molecular weight excluding hydrogens is 997 g/mol. The molecular formula is C75H128O6. The lowest BCUT2D eigenvalue weighted by atomic mass is 10.0. The summed E-state index contributed by atoms with van der Waals surface area (Å²) >= 11 is 0. The lowest BCUT2D eigenvalue weighted by Gasteiger charge is -2.18. The Morgan fingerprint density at radius 3 is 0.753 bits per heavy atom. The van der Waals surface area contributed by atoms with Gasteiger partial charge in [-0.1, -0.05) is 310 Å². The van der Waals surface area contributed by atoms with Gasteiger partial charge in [-0.15, -0.1) is 0 Å². The van der Waals surface area contributed by atoms with Gasteiger partial charge < -0.3 is 14.2 Å². The highest BCUT2D eigenvalue weighted by atomic mass is 16.6. The van der Waals surface area contributed by atoms with Crippen LogP contribution in [-0.2, 0) is 28.6 Å². The molecule has 1 atom stereocenters. The zero-order valence-electron chi connectivity index (χ0n) is 53.3. The van der Waals surface area contributed by atoms with Crippen LogP contribution < -0.4 is 0 Å². The summed E-state index contributed by atoms with van der Waals surface area (Å²) in [6.07, 6.45) is 93.9. The normalized spacial score (nSPS) is 12.8. The topological polar surface area (TPSA) is 78.9 Å². The summed E-state index contributed by atoms with van der Waals surface area (Å²) in [7, 11) is 0. The minimum Gasteiger partial charge on any atom is -0.462 e. The van der Waals surface area contributed by atoms with E-state index in [0.717, 1.165) is 122 Å². The third-order valence-corrected chi connectivity index (χ3v) is 14.8. The fourth-order valence-corrected chi connectivity index (χ4v) is 9.63. The van der Waals surface area contributed by atoms with Gasteiger partial charge in [-0.3, -0.25) is 14.4 Å². The number of allylic oxidation sites excluding steroid dienone is 18. The molecule has 0 aromatic heterocycles. The Kier molecular flexibility index (Phi) is 65.2. The van der Waals surface area contributed by atoms with Gasteiger partial charge in [-0.2, -0.15) is 0 Å². The summed E-state index contributed by atoms with van der Waals surface area (Å²) in [6.45, 7) is 6.52. The first-order chi connectivity index (χ1) is 40.0. The molecule has 0 fully saturated rings. The monoisotopic (exact) mass is 1120 g/mol. The summed E-state index contributed by atoms with van der Waals surface area (Å²) in [5, 5.41) is 0. The first kappa shape index (κ1) is 77.1. The van der Waals surface area contributed by atoms with Crippen molar-refractivity contribution in [2.24, 2.45) is 0 Å². The lowest BCUT2D eigenvalue weighted by Crippen LogP contribution is -2.30. The Balaban J connectivity index is 4.29. The van der Waals surface area contributed by atoms with Gasteiger partial charge in [0.2, 0.25) is 0 Å². The number of rotatable bonds is 62. The van der Waals surface area contributed by atoms with Crippen molar-refractivity contribution in [3.05, 3.63) is 109 Å². The van der Waals surface area contributed by atoms with E-state index >= 15 is 0 Å². The Labute approximate surface area is 501 Å². The molecule has 464 valence electrons.